The van der Waals surface area contributed by atoms with E-state index in [-0.39, 0.29) is 27.4 Å². The zero-order valence-corrected chi connectivity index (χ0v) is 34.5. The number of fused-ring (bicyclic) bond motifs is 4. The lowest BCUT2D eigenvalue weighted by atomic mass is 9.68. The first-order valence-corrected chi connectivity index (χ1v) is 19.6. The predicted octanol–water partition coefficient (Wildman–Crippen LogP) is 11.1. The summed E-state index contributed by atoms with van der Waals surface area (Å²) < 4.78 is 33.3. The number of aryl methyl sites for hydroxylation is 3. The molecule has 2 spiro atoms. The van der Waals surface area contributed by atoms with E-state index in [1.165, 1.54) is 16.7 Å². The van der Waals surface area contributed by atoms with Crippen LogP contribution < -0.4 is 23.7 Å². The molecule has 2 unspecified atom stereocenters. The van der Waals surface area contributed by atoms with Crippen LogP contribution in [0.5, 0.6) is 28.7 Å². The van der Waals surface area contributed by atoms with Crippen LogP contribution in [0.4, 0.5) is 0 Å². The molecule has 0 saturated carbocycles. The van der Waals surface area contributed by atoms with Crippen LogP contribution in [0.1, 0.15) is 148 Å². The maximum atomic E-state index is 13.9. The molecule has 4 aliphatic rings. The van der Waals surface area contributed by atoms with Gasteiger partial charge in [0.15, 0.2) is 5.78 Å². The average Bonchev–Trinajstić information content (AvgIpc) is 3.04. The highest BCUT2D eigenvalue weighted by Crippen LogP contribution is 2.56. The molecule has 0 aliphatic carbocycles. The second kappa shape index (κ2) is 11.9. The van der Waals surface area contributed by atoms with Crippen LogP contribution in [0.2, 0.25) is 0 Å². The van der Waals surface area contributed by atoms with Gasteiger partial charge in [0.05, 0.1) is 5.56 Å². The van der Waals surface area contributed by atoms with Crippen molar-refractivity contribution in [2.75, 3.05) is 0 Å². The number of hydrogen-bond donors (Lipinski definition) is 0. The molecule has 7 nitrogen and oxygen atoms in total. The maximum Gasteiger partial charge on any atom is 0.343 e. The number of carbonyl (C=O) groups is 2. The van der Waals surface area contributed by atoms with Crippen molar-refractivity contribution in [1.82, 2.24) is 0 Å². The predicted molar refractivity (Wildman–Crippen MR) is 213 cm³/mol. The van der Waals surface area contributed by atoms with Gasteiger partial charge in [-0.2, -0.15) is 0 Å². The van der Waals surface area contributed by atoms with E-state index >= 15 is 0 Å². The Morgan fingerprint density at radius 3 is 1.36 bits per heavy atom. The normalized spacial score (nSPS) is 24.4. The molecule has 7 heteroatoms. The summed E-state index contributed by atoms with van der Waals surface area (Å²) >= 11 is 0. The van der Waals surface area contributed by atoms with Crippen molar-refractivity contribution < 1.29 is 33.3 Å². The fourth-order valence-electron chi connectivity index (χ4n) is 9.92. The molecule has 0 N–H and O–H groups in total. The molecule has 0 saturated heterocycles. The zero-order valence-electron chi connectivity index (χ0n) is 34.5. The summed E-state index contributed by atoms with van der Waals surface area (Å²) in [6.45, 7) is 25.4. The Labute approximate surface area is 325 Å². The van der Waals surface area contributed by atoms with Gasteiger partial charge in [0, 0.05) is 75.2 Å². The van der Waals surface area contributed by atoms with Crippen LogP contribution in [-0.2, 0) is 21.7 Å². The van der Waals surface area contributed by atoms with E-state index in [9.17, 15) is 9.59 Å². The van der Waals surface area contributed by atoms with Gasteiger partial charge in [0.1, 0.15) is 28.7 Å². The third kappa shape index (κ3) is 6.18. The number of hydrogen-bond acceptors (Lipinski definition) is 7. The molecular weight excluding hydrogens is 689 g/mol. The monoisotopic (exact) mass is 742 g/mol. The standard InChI is InChI=1S/C48H54O7/c1-27-17-33-40(18-28(27)2)54-48(23-43(33,5)6)26-46(11,12)36-22-39(29(3)19-41(36)55-48)51-42(50)32-14-16-38-35(21-32)45(9,10)25-47(53-38)24-44(7,8)34-20-31(30(4)49)13-15-37(34)52-47/h13-22H,23-26H2,1-12H3. The summed E-state index contributed by atoms with van der Waals surface area (Å²) in [6, 6.07) is 19.6. The molecule has 0 amide bonds. The highest BCUT2D eigenvalue weighted by molar-refractivity contribution is 5.94. The second-order valence-electron chi connectivity index (χ2n) is 19.4. The Balaban J connectivity index is 1.05. The van der Waals surface area contributed by atoms with E-state index < -0.39 is 17.5 Å². The molecule has 4 aromatic carbocycles. The Kier molecular flexibility index (Phi) is 8.01. The molecule has 0 radical (unpaired) electrons. The minimum Gasteiger partial charge on any atom is -0.452 e. The van der Waals surface area contributed by atoms with E-state index in [4.69, 9.17) is 23.7 Å². The third-order valence-electron chi connectivity index (χ3n) is 12.6. The lowest BCUT2D eigenvalue weighted by Crippen LogP contribution is -2.55. The molecule has 4 aliphatic heterocycles. The van der Waals surface area contributed by atoms with E-state index in [1.54, 1.807) is 13.0 Å². The third-order valence-corrected chi connectivity index (χ3v) is 12.6. The van der Waals surface area contributed by atoms with E-state index in [0.717, 1.165) is 39.5 Å². The van der Waals surface area contributed by atoms with Crippen LogP contribution in [-0.4, -0.2) is 23.3 Å². The number of carbonyl (C=O) groups excluding carboxylic acids is 2. The van der Waals surface area contributed by atoms with Crippen LogP contribution in [0.15, 0.2) is 60.7 Å². The number of ketones is 1. The SMILES string of the molecule is CC(=O)c1ccc2c(c1)C(C)(C)CC1(CC(C)(C)c3cc(C(=O)Oc4cc5c(cc4C)OC4(CC(C)(C)c6cc(C)c(C)cc6O4)CC5(C)C)ccc3O1)O2. The summed E-state index contributed by atoms with van der Waals surface area (Å²) in [7, 11) is 0. The van der Waals surface area contributed by atoms with Crippen LogP contribution in [0, 0.1) is 20.8 Å². The first kappa shape index (κ1) is 37.2. The van der Waals surface area contributed by atoms with Crippen molar-refractivity contribution in [2.24, 2.45) is 0 Å². The van der Waals surface area contributed by atoms with Gasteiger partial charge in [-0.05, 0) is 99.0 Å². The highest BCUT2D eigenvalue weighted by Gasteiger charge is 2.55. The summed E-state index contributed by atoms with van der Waals surface area (Å²) in [5.74, 6) is 1.44. The van der Waals surface area contributed by atoms with Crippen molar-refractivity contribution in [1.29, 1.82) is 0 Å². The van der Waals surface area contributed by atoms with Crippen LogP contribution >= 0.6 is 0 Å². The summed E-state index contributed by atoms with van der Waals surface area (Å²) in [6.07, 6.45) is 2.55. The Hall–Kier alpha value is -4.78. The quantitative estimate of drug-likeness (QED) is 0.117. The number of rotatable bonds is 3. The zero-order chi connectivity index (χ0) is 39.7. The molecule has 4 heterocycles. The van der Waals surface area contributed by atoms with Crippen LogP contribution in [0.3, 0.4) is 0 Å². The largest absolute Gasteiger partial charge is 0.452 e. The molecule has 288 valence electrons. The molecule has 0 aromatic heterocycles. The molecule has 8 rings (SSSR count). The first-order chi connectivity index (χ1) is 25.5. The minimum absolute atomic E-state index is 0.0283. The summed E-state index contributed by atoms with van der Waals surface area (Å²) in [4.78, 5) is 26.1. The van der Waals surface area contributed by atoms with Gasteiger partial charge in [-0.15, -0.1) is 0 Å². The maximum absolute atomic E-state index is 13.9. The molecule has 55 heavy (non-hydrogen) atoms. The van der Waals surface area contributed by atoms with Crippen molar-refractivity contribution in [2.45, 2.75) is 142 Å². The Morgan fingerprint density at radius 2 is 0.873 bits per heavy atom. The number of Topliss-reactive ketones (excluding diaryl/α,β-unsaturated/α-hetero) is 1. The second-order valence-corrected chi connectivity index (χ2v) is 19.4. The van der Waals surface area contributed by atoms with Crippen molar-refractivity contribution in [3.63, 3.8) is 0 Å². The lowest BCUT2D eigenvalue weighted by molar-refractivity contribution is -0.167. The van der Waals surface area contributed by atoms with Gasteiger partial charge in [-0.3, -0.25) is 4.79 Å². The molecular formula is C48H54O7. The molecule has 2 atom stereocenters. The highest BCUT2D eigenvalue weighted by atomic mass is 16.7. The van der Waals surface area contributed by atoms with Crippen LogP contribution in [0.25, 0.3) is 0 Å². The Bertz CT molecular complexity index is 2310. The van der Waals surface area contributed by atoms with Gasteiger partial charge in [-0.1, -0.05) is 61.5 Å². The first-order valence-electron chi connectivity index (χ1n) is 19.6. The topological polar surface area (TPSA) is 80.3 Å². The molecule has 0 bridgehead atoms. The number of benzene rings is 4. The van der Waals surface area contributed by atoms with E-state index in [2.05, 4.69) is 81.4 Å². The lowest BCUT2D eigenvalue weighted by Gasteiger charge is -2.51. The molecule has 0 fully saturated rings. The van der Waals surface area contributed by atoms with Gasteiger partial charge < -0.3 is 23.7 Å². The van der Waals surface area contributed by atoms with Crippen molar-refractivity contribution in [3.8, 4) is 28.7 Å². The Morgan fingerprint density at radius 1 is 0.491 bits per heavy atom. The number of esters is 1. The fraction of sp³-hybridized carbons (Fsp3) is 0.458. The fourth-order valence-corrected chi connectivity index (χ4v) is 9.92. The van der Waals surface area contributed by atoms with E-state index in [1.807, 2.05) is 49.4 Å². The van der Waals surface area contributed by atoms with Gasteiger partial charge in [0.25, 0.3) is 11.6 Å². The van der Waals surface area contributed by atoms with E-state index in [0.29, 0.717) is 48.3 Å². The summed E-state index contributed by atoms with van der Waals surface area (Å²) in [5, 5.41) is 0. The van der Waals surface area contributed by atoms with Crippen molar-refractivity contribution in [3.05, 3.63) is 111 Å². The average molecular weight is 743 g/mol. The van der Waals surface area contributed by atoms with Gasteiger partial charge in [-0.25, -0.2) is 4.79 Å². The van der Waals surface area contributed by atoms with Gasteiger partial charge >= 0.3 is 5.97 Å². The number of ether oxygens (including phenoxy) is 5. The molecule has 4 aromatic rings. The summed E-state index contributed by atoms with van der Waals surface area (Å²) in [5.41, 5.74) is 7.36. The van der Waals surface area contributed by atoms with Gasteiger partial charge in [0.2, 0.25) is 0 Å². The minimum atomic E-state index is -0.903. The van der Waals surface area contributed by atoms with Crippen molar-refractivity contribution >= 4 is 11.8 Å². The smallest absolute Gasteiger partial charge is 0.343 e.